The second-order valence-electron chi connectivity index (χ2n) is 4.07. The van der Waals surface area contributed by atoms with Gasteiger partial charge in [0.05, 0.1) is 18.3 Å². The van der Waals surface area contributed by atoms with Gasteiger partial charge in [-0.15, -0.1) is 5.10 Å². The van der Waals surface area contributed by atoms with Crippen LogP contribution in [0.15, 0.2) is 30.6 Å². The second kappa shape index (κ2) is 6.05. The molecule has 0 aliphatic rings. The molecular weight excluding hydrogens is 246 g/mol. The third-order valence-electron chi connectivity index (χ3n) is 2.77. The Labute approximate surface area is 110 Å². The SMILES string of the molecule is CCC(CO)NC(=O)c1cccc(-n2cnnn2)c1. The number of aliphatic hydroxyl groups excluding tert-OH is 1. The highest BCUT2D eigenvalue weighted by molar-refractivity contribution is 5.94. The Kier molecular flexibility index (Phi) is 4.19. The molecule has 2 rings (SSSR count). The van der Waals surface area contributed by atoms with E-state index in [0.717, 1.165) is 0 Å². The normalized spacial score (nSPS) is 12.1. The van der Waals surface area contributed by atoms with Gasteiger partial charge in [-0.25, -0.2) is 4.68 Å². The number of nitrogens with zero attached hydrogens (tertiary/aromatic N) is 4. The number of rotatable bonds is 5. The molecule has 0 bridgehead atoms. The number of aromatic nitrogens is 4. The lowest BCUT2D eigenvalue weighted by Gasteiger charge is -2.14. The fraction of sp³-hybridized carbons (Fsp3) is 0.333. The van der Waals surface area contributed by atoms with E-state index in [1.165, 1.54) is 11.0 Å². The summed E-state index contributed by atoms with van der Waals surface area (Å²) < 4.78 is 1.47. The van der Waals surface area contributed by atoms with E-state index < -0.39 is 0 Å². The Bertz CT molecular complexity index is 537. The van der Waals surface area contributed by atoms with E-state index in [1.807, 2.05) is 6.92 Å². The van der Waals surface area contributed by atoms with Crippen LogP contribution in [0.25, 0.3) is 5.69 Å². The van der Waals surface area contributed by atoms with E-state index in [4.69, 9.17) is 5.11 Å². The Balaban J connectivity index is 2.17. The fourth-order valence-electron chi connectivity index (χ4n) is 1.61. The van der Waals surface area contributed by atoms with Gasteiger partial charge in [-0.1, -0.05) is 13.0 Å². The lowest BCUT2D eigenvalue weighted by Crippen LogP contribution is -2.36. The summed E-state index contributed by atoms with van der Waals surface area (Å²) in [5.74, 6) is -0.226. The average Bonchev–Trinajstić information content (AvgIpc) is 2.99. The van der Waals surface area contributed by atoms with Gasteiger partial charge in [-0.2, -0.15) is 0 Å². The standard InChI is InChI=1S/C12H15N5O2/c1-2-10(7-18)14-12(19)9-4-3-5-11(6-9)17-8-13-15-16-17/h3-6,8,10,18H,2,7H2,1H3,(H,14,19). The molecule has 7 nitrogen and oxygen atoms in total. The average molecular weight is 261 g/mol. The molecule has 0 radical (unpaired) electrons. The topological polar surface area (TPSA) is 92.9 Å². The lowest BCUT2D eigenvalue weighted by molar-refractivity contribution is 0.0915. The predicted octanol–water partition coefficient (Wildman–Crippen LogP) is 0.163. The molecule has 0 spiro atoms. The molecule has 1 heterocycles. The van der Waals surface area contributed by atoms with Crippen molar-refractivity contribution in [3.8, 4) is 5.69 Å². The number of carbonyl (C=O) groups excluding carboxylic acids is 1. The van der Waals surface area contributed by atoms with Crippen molar-refractivity contribution in [1.82, 2.24) is 25.5 Å². The van der Waals surface area contributed by atoms with Crippen LogP contribution >= 0.6 is 0 Å². The number of hydrogen-bond donors (Lipinski definition) is 2. The summed E-state index contributed by atoms with van der Waals surface area (Å²) in [7, 11) is 0. The third-order valence-corrected chi connectivity index (χ3v) is 2.77. The molecule has 1 unspecified atom stereocenters. The molecule has 1 aromatic heterocycles. The smallest absolute Gasteiger partial charge is 0.251 e. The Morgan fingerprint density at radius 2 is 2.37 bits per heavy atom. The van der Waals surface area contributed by atoms with Gasteiger partial charge in [0, 0.05) is 5.56 Å². The lowest BCUT2D eigenvalue weighted by atomic mass is 10.1. The quantitative estimate of drug-likeness (QED) is 0.800. The van der Waals surface area contributed by atoms with Crippen LogP contribution in [-0.4, -0.2) is 43.9 Å². The minimum absolute atomic E-state index is 0.0745. The predicted molar refractivity (Wildman–Crippen MR) is 67.8 cm³/mol. The second-order valence-corrected chi connectivity index (χ2v) is 4.07. The van der Waals surface area contributed by atoms with Gasteiger partial charge in [0.2, 0.25) is 0 Å². The van der Waals surface area contributed by atoms with E-state index >= 15 is 0 Å². The number of aliphatic hydroxyl groups is 1. The zero-order valence-electron chi connectivity index (χ0n) is 10.5. The number of nitrogens with one attached hydrogen (secondary N) is 1. The molecule has 1 aromatic carbocycles. The van der Waals surface area contributed by atoms with Gasteiger partial charge in [0.25, 0.3) is 5.91 Å². The summed E-state index contributed by atoms with van der Waals surface area (Å²) in [5, 5.41) is 22.7. The molecule has 0 saturated heterocycles. The number of hydrogen-bond acceptors (Lipinski definition) is 5. The maximum absolute atomic E-state index is 12.0. The summed E-state index contributed by atoms with van der Waals surface area (Å²) in [4.78, 5) is 12.0. The zero-order valence-corrected chi connectivity index (χ0v) is 10.5. The molecule has 19 heavy (non-hydrogen) atoms. The highest BCUT2D eigenvalue weighted by Gasteiger charge is 2.12. The van der Waals surface area contributed by atoms with Crippen LogP contribution in [-0.2, 0) is 0 Å². The molecule has 2 aromatic rings. The first-order valence-corrected chi connectivity index (χ1v) is 5.99. The summed E-state index contributed by atoms with van der Waals surface area (Å²) >= 11 is 0. The van der Waals surface area contributed by atoms with Crippen LogP contribution in [0.1, 0.15) is 23.7 Å². The molecular formula is C12H15N5O2. The van der Waals surface area contributed by atoms with Crippen LogP contribution in [0.5, 0.6) is 0 Å². The van der Waals surface area contributed by atoms with E-state index in [-0.39, 0.29) is 18.6 Å². The highest BCUT2D eigenvalue weighted by Crippen LogP contribution is 2.09. The van der Waals surface area contributed by atoms with Gasteiger partial charge in [0.1, 0.15) is 6.33 Å². The maximum Gasteiger partial charge on any atom is 0.251 e. The van der Waals surface area contributed by atoms with Crippen LogP contribution in [0.2, 0.25) is 0 Å². The summed E-state index contributed by atoms with van der Waals surface area (Å²) in [6.45, 7) is 1.83. The minimum Gasteiger partial charge on any atom is -0.394 e. The number of carbonyl (C=O) groups is 1. The van der Waals surface area contributed by atoms with Crippen molar-refractivity contribution >= 4 is 5.91 Å². The molecule has 0 aliphatic carbocycles. The molecule has 7 heteroatoms. The molecule has 2 N–H and O–H groups in total. The number of tetrazole rings is 1. The number of benzene rings is 1. The van der Waals surface area contributed by atoms with Gasteiger partial charge in [-0.05, 0) is 35.0 Å². The van der Waals surface area contributed by atoms with Gasteiger partial charge in [0.15, 0.2) is 0 Å². The Morgan fingerprint density at radius 3 is 3.00 bits per heavy atom. The first-order chi connectivity index (χ1) is 9.24. The Morgan fingerprint density at radius 1 is 1.53 bits per heavy atom. The van der Waals surface area contributed by atoms with Gasteiger partial charge < -0.3 is 10.4 Å². The first kappa shape index (κ1) is 13.2. The van der Waals surface area contributed by atoms with Crippen LogP contribution < -0.4 is 5.32 Å². The van der Waals surface area contributed by atoms with Crippen molar-refractivity contribution in [2.24, 2.45) is 0 Å². The van der Waals surface area contributed by atoms with Crippen molar-refractivity contribution in [2.75, 3.05) is 6.61 Å². The van der Waals surface area contributed by atoms with Crippen molar-refractivity contribution in [3.63, 3.8) is 0 Å². The zero-order chi connectivity index (χ0) is 13.7. The summed E-state index contributed by atoms with van der Waals surface area (Å²) in [6.07, 6.45) is 2.13. The minimum atomic E-state index is -0.232. The first-order valence-electron chi connectivity index (χ1n) is 5.99. The van der Waals surface area contributed by atoms with E-state index in [1.54, 1.807) is 24.3 Å². The third kappa shape index (κ3) is 3.14. The largest absolute Gasteiger partial charge is 0.394 e. The van der Waals surface area contributed by atoms with Crippen molar-refractivity contribution in [2.45, 2.75) is 19.4 Å². The van der Waals surface area contributed by atoms with Crippen LogP contribution in [0, 0.1) is 0 Å². The maximum atomic E-state index is 12.0. The fourth-order valence-corrected chi connectivity index (χ4v) is 1.61. The molecule has 0 fully saturated rings. The van der Waals surface area contributed by atoms with Gasteiger partial charge >= 0.3 is 0 Å². The van der Waals surface area contributed by atoms with Crippen LogP contribution in [0.4, 0.5) is 0 Å². The van der Waals surface area contributed by atoms with E-state index in [0.29, 0.717) is 17.7 Å². The van der Waals surface area contributed by atoms with E-state index in [9.17, 15) is 4.79 Å². The Hall–Kier alpha value is -2.28. The van der Waals surface area contributed by atoms with Crippen molar-refractivity contribution in [1.29, 1.82) is 0 Å². The summed E-state index contributed by atoms with van der Waals surface area (Å²) in [6, 6.07) is 6.72. The molecule has 100 valence electrons. The van der Waals surface area contributed by atoms with Crippen molar-refractivity contribution < 1.29 is 9.90 Å². The summed E-state index contributed by atoms with van der Waals surface area (Å²) in [5.41, 5.74) is 1.20. The molecule has 1 amide bonds. The molecule has 0 aliphatic heterocycles. The van der Waals surface area contributed by atoms with Crippen molar-refractivity contribution in [3.05, 3.63) is 36.2 Å². The van der Waals surface area contributed by atoms with Gasteiger partial charge in [-0.3, -0.25) is 4.79 Å². The molecule has 0 saturated carbocycles. The number of amides is 1. The highest BCUT2D eigenvalue weighted by atomic mass is 16.3. The monoisotopic (exact) mass is 261 g/mol. The van der Waals surface area contributed by atoms with E-state index in [2.05, 4.69) is 20.8 Å². The molecule has 1 atom stereocenters. The van der Waals surface area contributed by atoms with Crippen LogP contribution in [0.3, 0.4) is 0 Å².